The zero-order chi connectivity index (χ0) is 18.5. The van der Waals surface area contributed by atoms with Gasteiger partial charge >= 0.3 is 0 Å². The molecule has 27 heavy (non-hydrogen) atoms. The van der Waals surface area contributed by atoms with Crippen molar-refractivity contribution < 1.29 is 5.11 Å². The lowest BCUT2D eigenvalue weighted by molar-refractivity contribution is 0.474. The van der Waals surface area contributed by atoms with Crippen LogP contribution in [0.5, 0.6) is 5.75 Å². The molecule has 5 heteroatoms. The molecule has 1 aliphatic rings. The van der Waals surface area contributed by atoms with Gasteiger partial charge in [0.2, 0.25) is 0 Å². The van der Waals surface area contributed by atoms with Crippen molar-refractivity contribution in [2.75, 3.05) is 0 Å². The Balaban J connectivity index is 1.51. The van der Waals surface area contributed by atoms with E-state index in [-0.39, 0.29) is 5.75 Å². The molecular formula is C22H20N4O. The summed E-state index contributed by atoms with van der Waals surface area (Å²) in [6.45, 7) is 0. The summed E-state index contributed by atoms with van der Waals surface area (Å²) < 4.78 is 0. The molecule has 0 aliphatic heterocycles. The van der Waals surface area contributed by atoms with Gasteiger partial charge in [-0.25, -0.2) is 0 Å². The number of fused-ring (bicyclic) bond motifs is 1. The van der Waals surface area contributed by atoms with Crippen LogP contribution < -0.4 is 0 Å². The average Bonchev–Trinajstić information content (AvgIpc) is 2.73. The summed E-state index contributed by atoms with van der Waals surface area (Å²) in [4.78, 5) is 0. The molecule has 0 radical (unpaired) electrons. The second-order valence-corrected chi connectivity index (χ2v) is 6.53. The Morgan fingerprint density at radius 3 is 1.89 bits per heavy atom. The zero-order valence-electron chi connectivity index (χ0n) is 14.9. The van der Waals surface area contributed by atoms with Gasteiger partial charge < -0.3 is 5.11 Å². The van der Waals surface area contributed by atoms with Gasteiger partial charge in [0.25, 0.3) is 0 Å². The lowest BCUT2D eigenvalue weighted by Crippen LogP contribution is -2.02. The van der Waals surface area contributed by atoms with Crippen molar-refractivity contribution in [1.29, 1.82) is 0 Å². The van der Waals surface area contributed by atoms with Crippen LogP contribution in [-0.2, 0) is 12.8 Å². The number of hydrogen-bond acceptors (Lipinski definition) is 5. The first-order valence-corrected chi connectivity index (χ1v) is 9.12. The molecule has 0 heterocycles. The number of hydrogen-bond donors (Lipinski definition) is 1. The van der Waals surface area contributed by atoms with Crippen LogP contribution in [0, 0.1) is 0 Å². The predicted molar refractivity (Wildman–Crippen MR) is 106 cm³/mol. The van der Waals surface area contributed by atoms with Crippen molar-refractivity contribution in [3.05, 3.63) is 77.9 Å². The van der Waals surface area contributed by atoms with Crippen LogP contribution in [0.25, 0.3) is 0 Å². The summed E-state index contributed by atoms with van der Waals surface area (Å²) in [6.07, 6.45) is 4.30. The van der Waals surface area contributed by atoms with Gasteiger partial charge in [0.1, 0.15) is 11.4 Å². The highest BCUT2D eigenvalue weighted by atomic mass is 16.3. The zero-order valence-corrected chi connectivity index (χ0v) is 14.9. The maximum atomic E-state index is 10.2. The highest BCUT2D eigenvalue weighted by molar-refractivity contribution is 5.61. The molecule has 0 atom stereocenters. The van der Waals surface area contributed by atoms with Gasteiger partial charge in [-0.3, -0.25) is 0 Å². The second-order valence-electron chi connectivity index (χ2n) is 6.53. The van der Waals surface area contributed by atoms with Gasteiger partial charge in [-0.15, -0.1) is 5.11 Å². The predicted octanol–water partition coefficient (Wildman–Crippen LogP) is 7.10. The van der Waals surface area contributed by atoms with Gasteiger partial charge in [0, 0.05) is 0 Å². The molecule has 3 aromatic rings. The third-order valence-electron chi connectivity index (χ3n) is 4.63. The maximum absolute atomic E-state index is 10.2. The minimum atomic E-state index is 0.188. The minimum absolute atomic E-state index is 0.188. The quantitative estimate of drug-likeness (QED) is 0.497. The number of benzene rings is 3. The van der Waals surface area contributed by atoms with E-state index in [2.05, 4.69) is 20.5 Å². The molecule has 5 nitrogen and oxygen atoms in total. The standard InChI is InChI=1S/C22H20N4O/c27-21-15-10-16-6-4-5-9-20(16)22(21)26-25-19-13-11-18(12-14-19)24-23-17-7-2-1-3-8-17/h1-3,7-8,10-15,27H,4-6,9H2. The molecule has 0 fully saturated rings. The molecule has 0 saturated heterocycles. The van der Waals surface area contributed by atoms with Gasteiger partial charge in [-0.2, -0.15) is 15.3 Å². The lowest BCUT2D eigenvalue weighted by atomic mass is 9.90. The average molecular weight is 356 g/mol. The number of azo groups is 2. The van der Waals surface area contributed by atoms with Crippen molar-refractivity contribution in [3.8, 4) is 5.75 Å². The van der Waals surface area contributed by atoms with Crippen molar-refractivity contribution in [2.24, 2.45) is 20.5 Å². The highest BCUT2D eigenvalue weighted by Gasteiger charge is 2.16. The van der Waals surface area contributed by atoms with Crippen molar-refractivity contribution in [1.82, 2.24) is 0 Å². The van der Waals surface area contributed by atoms with Crippen LogP contribution in [0.3, 0.4) is 0 Å². The highest BCUT2D eigenvalue weighted by Crippen LogP contribution is 2.38. The monoisotopic (exact) mass is 356 g/mol. The molecule has 134 valence electrons. The molecule has 1 aliphatic carbocycles. The summed E-state index contributed by atoms with van der Waals surface area (Å²) in [5, 5.41) is 27.2. The third-order valence-corrected chi connectivity index (χ3v) is 4.63. The number of nitrogens with zero attached hydrogens (tertiary/aromatic N) is 4. The van der Waals surface area contributed by atoms with E-state index in [1.807, 2.05) is 60.7 Å². The third kappa shape index (κ3) is 4.08. The van der Waals surface area contributed by atoms with Gasteiger partial charge in [-0.1, -0.05) is 24.3 Å². The Hall–Kier alpha value is -3.34. The van der Waals surface area contributed by atoms with Crippen molar-refractivity contribution >= 4 is 22.7 Å². The summed E-state index contributed by atoms with van der Waals surface area (Å²) in [7, 11) is 0. The lowest BCUT2D eigenvalue weighted by Gasteiger charge is -2.17. The molecule has 0 unspecified atom stereocenters. The first-order chi connectivity index (χ1) is 13.3. The molecular weight excluding hydrogens is 336 g/mol. The van der Waals surface area contributed by atoms with E-state index < -0.39 is 0 Å². The van der Waals surface area contributed by atoms with Crippen molar-refractivity contribution in [2.45, 2.75) is 25.7 Å². The number of phenols is 1. The fourth-order valence-corrected chi connectivity index (χ4v) is 3.21. The van der Waals surface area contributed by atoms with E-state index in [1.54, 1.807) is 6.07 Å². The number of rotatable bonds is 4. The largest absolute Gasteiger partial charge is 0.506 e. The van der Waals surface area contributed by atoms with Crippen LogP contribution in [0.4, 0.5) is 22.7 Å². The van der Waals surface area contributed by atoms with E-state index in [1.165, 1.54) is 12.0 Å². The van der Waals surface area contributed by atoms with Crippen LogP contribution in [0.2, 0.25) is 0 Å². The fraction of sp³-hybridized carbons (Fsp3) is 0.182. The Labute approximate surface area is 158 Å². The topological polar surface area (TPSA) is 69.7 Å². The summed E-state index contributed by atoms with van der Waals surface area (Å²) >= 11 is 0. The molecule has 0 bridgehead atoms. The first kappa shape index (κ1) is 17.1. The van der Waals surface area contributed by atoms with E-state index in [9.17, 15) is 5.11 Å². The first-order valence-electron chi connectivity index (χ1n) is 9.12. The van der Waals surface area contributed by atoms with Gasteiger partial charge in [0.05, 0.1) is 17.1 Å². The SMILES string of the molecule is Oc1ccc2c(c1N=Nc1ccc(N=Nc3ccccc3)cc1)CCCC2. The van der Waals surface area contributed by atoms with Crippen LogP contribution >= 0.6 is 0 Å². The summed E-state index contributed by atoms with van der Waals surface area (Å²) in [6, 6.07) is 20.7. The number of aromatic hydroxyl groups is 1. The summed E-state index contributed by atoms with van der Waals surface area (Å²) in [5.41, 5.74) is 5.26. The Bertz CT molecular complexity index is 979. The Morgan fingerprint density at radius 2 is 1.19 bits per heavy atom. The molecule has 3 aromatic carbocycles. The van der Waals surface area contributed by atoms with Gasteiger partial charge in [0.15, 0.2) is 0 Å². The Kier molecular flexibility index (Phi) is 5.01. The van der Waals surface area contributed by atoms with Gasteiger partial charge in [-0.05, 0) is 79.3 Å². The molecule has 1 N–H and O–H groups in total. The number of aryl methyl sites for hydroxylation is 1. The smallest absolute Gasteiger partial charge is 0.143 e. The normalized spacial score (nSPS) is 13.9. The second kappa shape index (κ2) is 7.91. The Morgan fingerprint density at radius 1 is 0.593 bits per heavy atom. The molecule has 4 rings (SSSR count). The van der Waals surface area contributed by atoms with Crippen molar-refractivity contribution in [3.63, 3.8) is 0 Å². The molecule has 0 aromatic heterocycles. The summed E-state index contributed by atoms with van der Waals surface area (Å²) in [5.74, 6) is 0.188. The van der Waals surface area contributed by atoms with E-state index in [0.717, 1.165) is 36.2 Å². The number of phenolic OH excluding ortho intramolecular Hbond substituents is 1. The fourth-order valence-electron chi connectivity index (χ4n) is 3.21. The van der Waals surface area contributed by atoms with E-state index in [4.69, 9.17) is 0 Å². The van der Waals surface area contributed by atoms with Crippen LogP contribution in [-0.4, -0.2) is 5.11 Å². The molecule has 0 saturated carbocycles. The minimum Gasteiger partial charge on any atom is -0.506 e. The molecule has 0 amide bonds. The molecule has 0 spiro atoms. The van der Waals surface area contributed by atoms with E-state index >= 15 is 0 Å². The van der Waals surface area contributed by atoms with Crippen LogP contribution in [0.15, 0.2) is 87.2 Å². The van der Waals surface area contributed by atoms with Crippen LogP contribution in [0.1, 0.15) is 24.0 Å². The van der Waals surface area contributed by atoms with E-state index in [0.29, 0.717) is 11.4 Å². The maximum Gasteiger partial charge on any atom is 0.143 e.